The minimum Gasteiger partial charge on any atom is -0.463 e. The normalized spacial score (nSPS) is 20.2. The SMILES string of the molecule is CCOC(=O)C1(OC(=O)ON2C(=O)CCC2=O)CC1. The molecule has 2 fully saturated rings. The van der Waals surface area contributed by atoms with Crippen molar-refractivity contribution >= 4 is 23.9 Å². The molecule has 0 atom stereocenters. The number of imide groups is 1. The van der Waals surface area contributed by atoms with Crippen LogP contribution in [0.25, 0.3) is 0 Å². The molecule has 0 N–H and O–H groups in total. The number of carbonyl (C=O) groups is 4. The molecule has 0 unspecified atom stereocenters. The Hall–Kier alpha value is -2.12. The fourth-order valence-corrected chi connectivity index (χ4v) is 1.63. The van der Waals surface area contributed by atoms with Crippen LogP contribution in [0.15, 0.2) is 0 Å². The predicted molar refractivity (Wildman–Crippen MR) is 57.3 cm³/mol. The Kier molecular flexibility index (Phi) is 3.41. The minimum absolute atomic E-state index is 0.00483. The van der Waals surface area contributed by atoms with E-state index in [2.05, 4.69) is 4.84 Å². The summed E-state index contributed by atoms with van der Waals surface area (Å²) in [6, 6.07) is 0. The Bertz CT molecular complexity index is 424. The van der Waals surface area contributed by atoms with Crippen LogP contribution in [0.3, 0.4) is 0 Å². The lowest BCUT2D eigenvalue weighted by atomic mass is 10.3. The fourth-order valence-electron chi connectivity index (χ4n) is 1.63. The first-order chi connectivity index (χ1) is 8.98. The zero-order valence-electron chi connectivity index (χ0n) is 10.3. The van der Waals surface area contributed by atoms with Crippen LogP contribution in [0.5, 0.6) is 0 Å². The summed E-state index contributed by atoms with van der Waals surface area (Å²) in [5, 5.41) is 0.365. The first-order valence-electron chi connectivity index (χ1n) is 5.92. The number of esters is 1. The maximum absolute atomic E-state index is 11.5. The highest BCUT2D eigenvalue weighted by Crippen LogP contribution is 2.41. The quantitative estimate of drug-likeness (QED) is 0.535. The smallest absolute Gasteiger partial charge is 0.463 e. The number of carbonyl (C=O) groups excluding carboxylic acids is 4. The summed E-state index contributed by atoms with van der Waals surface area (Å²) in [7, 11) is 0. The third-order valence-corrected chi connectivity index (χ3v) is 2.80. The van der Waals surface area contributed by atoms with E-state index in [0.717, 1.165) is 0 Å². The summed E-state index contributed by atoms with van der Waals surface area (Å²) in [6.45, 7) is 1.80. The van der Waals surface area contributed by atoms with E-state index in [1.165, 1.54) is 0 Å². The number of rotatable bonds is 4. The van der Waals surface area contributed by atoms with Crippen molar-refractivity contribution in [3.8, 4) is 0 Å². The van der Waals surface area contributed by atoms with Crippen molar-refractivity contribution in [1.82, 2.24) is 5.06 Å². The highest BCUT2D eigenvalue weighted by molar-refractivity contribution is 6.01. The fraction of sp³-hybridized carbons (Fsp3) is 0.636. The Balaban J connectivity index is 1.90. The van der Waals surface area contributed by atoms with Gasteiger partial charge in [-0.05, 0) is 6.92 Å². The lowest BCUT2D eigenvalue weighted by Gasteiger charge is -2.17. The second-order valence-corrected chi connectivity index (χ2v) is 4.24. The molecule has 2 rings (SSSR count). The first kappa shape index (κ1) is 13.3. The zero-order valence-corrected chi connectivity index (χ0v) is 10.3. The molecule has 0 bridgehead atoms. The van der Waals surface area contributed by atoms with Gasteiger partial charge in [0, 0.05) is 25.7 Å². The highest BCUT2D eigenvalue weighted by Gasteiger charge is 2.56. The van der Waals surface area contributed by atoms with Gasteiger partial charge in [-0.25, -0.2) is 9.59 Å². The zero-order chi connectivity index (χ0) is 14.0. The molecule has 1 aliphatic heterocycles. The molecule has 8 nitrogen and oxygen atoms in total. The van der Waals surface area contributed by atoms with Gasteiger partial charge < -0.3 is 9.47 Å². The third kappa shape index (κ3) is 2.67. The maximum atomic E-state index is 11.5. The summed E-state index contributed by atoms with van der Waals surface area (Å²) in [6.07, 6.45) is -0.593. The van der Waals surface area contributed by atoms with E-state index in [1.807, 2.05) is 0 Å². The van der Waals surface area contributed by atoms with Gasteiger partial charge in [0.05, 0.1) is 6.61 Å². The van der Waals surface area contributed by atoms with Crippen molar-refractivity contribution in [2.24, 2.45) is 0 Å². The average molecular weight is 271 g/mol. The molecule has 19 heavy (non-hydrogen) atoms. The summed E-state index contributed by atoms with van der Waals surface area (Å²) >= 11 is 0. The largest absolute Gasteiger partial charge is 0.535 e. The molecule has 1 saturated carbocycles. The van der Waals surface area contributed by atoms with Crippen LogP contribution in [0.4, 0.5) is 4.79 Å². The summed E-state index contributed by atoms with van der Waals surface area (Å²) < 4.78 is 9.60. The van der Waals surface area contributed by atoms with E-state index < -0.39 is 29.5 Å². The molecule has 0 aromatic rings. The summed E-state index contributed by atoms with van der Waals surface area (Å²) in [5.74, 6) is -1.86. The van der Waals surface area contributed by atoms with Crippen molar-refractivity contribution in [2.75, 3.05) is 6.61 Å². The van der Waals surface area contributed by atoms with E-state index in [4.69, 9.17) is 9.47 Å². The van der Waals surface area contributed by atoms with Crippen molar-refractivity contribution in [3.63, 3.8) is 0 Å². The molecule has 0 radical (unpaired) electrons. The van der Waals surface area contributed by atoms with Crippen LogP contribution in [0.2, 0.25) is 0 Å². The highest BCUT2D eigenvalue weighted by atomic mass is 16.8. The van der Waals surface area contributed by atoms with Crippen LogP contribution in [0, 0.1) is 0 Å². The average Bonchev–Trinajstić information content (AvgIpc) is 3.07. The van der Waals surface area contributed by atoms with Gasteiger partial charge in [0.15, 0.2) is 0 Å². The van der Waals surface area contributed by atoms with E-state index in [0.29, 0.717) is 17.9 Å². The van der Waals surface area contributed by atoms with Gasteiger partial charge >= 0.3 is 12.1 Å². The summed E-state index contributed by atoms with van der Waals surface area (Å²) in [5.41, 5.74) is -1.32. The molecule has 0 aromatic carbocycles. The lowest BCUT2D eigenvalue weighted by molar-refractivity contribution is -0.182. The predicted octanol–water partition coefficient (Wildman–Crippen LogP) is 0.299. The Morgan fingerprint density at radius 3 is 2.26 bits per heavy atom. The van der Waals surface area contributed by atoms with Gasteiger partial charge in [0.1, 0.15) is 0 Å². The molecule has 1 saturated heterocycles. The molecule has 0 spiro atoms. The van der Waals surface area contributed by atoms with E-state index in [1.54, 1.807) is 6.92 Å². The standard InChI is InChI=1S/C11H13NO7/c1-2-17-9(15)11(5-6-11)18-10(16)19-12-7(13)3-4-8(12)14/h2-6H2,1H3. The van der Waals surface area contributed by atoms with Crippen LogP contribution in [-0.4, -0.2) is 41.2 Å². The minimum atomic E-state index is -1.32. The van der Waals surface area contributed by atoms with Crippen molar-refractivity contribution in [1.29, 1.82) is 0 Å². The van der Waals surface area contributed by atoms with Crippen LogP contribution < -0.4 is 0 Å². The van der Waals surface area contributed by atoms with Crippen molar-refractivity contribution in [3.05, 3.63) is 0 Å². The molecule has 1 aliphatic carbocycles. The van der Waals surface area contributed by atoms with E-state index in [-0.39, 0.29) is 19.4 Å². The van der Waals surface area contributed by atoms with E-state index in [9.17, 15) is 19.2 Å². The van der Waals surface area contributed by atoms with Crippen molar-refractivity contribution < 1.29 is 33.5 Å². The van der Waals surface area contributed by atoms with Crippen LogP contribution >= 0.6 is 0 Å². The van der Waals surface area contributed by atoms with Gasteiger partial charge in [-0.3, -0.25) is 14.4 Å². The number of hydroxylamine groups is 2. The number of hydrogen-bond acceptors (Lipinski definition) is 7. The maximum Gasteiger partial charge on any atom is 0.535 e. The van der Waals surface area contributed by atoms with E-state index >= 15 is 0 Å². The number of hydrogen-bond donors (Lipinski definition) is 0. The second-order valence-electron chi connectivity index (χ2n) is 4.24. The first-order valence-corrected chi connectivity index (χ1v) is 5.92. The number of ether oxygens (including phenoxy) is 2. The molecule has 0 aromatic heterocycles. The molecule has 8 heteroatoms. The Morgan fingerprint density at radius 1 is 1.21 bits per heavy atom. The molecule has 2 aliphatic rings. The monoisotopic (exact) mass is 271 g/mol. The third-order valence-electron chi connectivity index (χ3n) is 2.80. The second kappa shape index (κ2) is 4.87. The Labute approximate surface area is 108 Å². The van der Waals surface area contributed by atoms with Crippen LogP contribution in [0.1, 0.15) is 32.6 Å². The summed E-state index contributed by atoms with van der Waals surface area (Å²) in [4.78, 5) is 49.9. The molecular formula is C11H13NO7. The van der Waals surface area contributed by atoms with Gasteiger partial charge in [0.25, 0.3) is 11.8 Å². The number of amides is 2. The van der Waals surface area contributed by atoms with Crippen molar-refractivity contribution in [2.45, 2.75) is 38.2 Å². The number of nitrogens with zero attached hydrogens (tertiary/aromatic N) is 1. The van der Waals surface area contributed by atoms with Crippen LogP contribution in [-0.2, 0) is 28.7 Å². The van der Waals surface area contributed by atoms with Gasteiger partial charge in [-0.1, -0.05) is 5.06 Å². The van der Waals surface area contributed by atoms with Gasteiger partial charge in [-0.2, -0.15) is 0 Å². The molecule has 1 heterocycles. The van der Waals surface area contributed by atoms with Gasteiger partial charge in [-0.15, -0.1) is 0 Å². The Morgan fingerprint density at radius 2 is 1.79 bits per heavy atom. The topological polar surface area (TPSA) is 99.2 Å². The lowest BCUT2D eigenvalue weighted by Crippen LogP contribution is -2.37. The molecule has 2 amide bonds. The molecule has 104 valence electrons. The van der Waals surface area contributed by atoms with Gasteiger partial charge in [0.2, 0.25) is 5.60 Å². The molecular weight excluding hydrogens is 258 g/mol.